The zero-order valence-corrected chi connectivity index (χ0v) is 15.1. The molecule has 4 nitrogen and oxygen atoms in total. The van der Waals surface area contributed by atoms with Crippen LogP contribution in [0.4, 0.5) is 4.79 Å². The fourth-order valence-electron chi connectivity index (χ4n) is 3.73. The van der Waals surface area contributed by atoms with Crippen LogP contribution in [0.1, 0.15) is 66.7 Å². The molecule has 3 unspecified atom stereocenters. The van der Waals surface area contributed by atoms with E-state index in [-0.39, 0.29) is 11.5 Å². The summed E-state index contributed by atoms with van der Waals surface area (Å²) in [5.74, 6) is 0.856. The molecule has 1 N–H and O–H groups in total. The van der Waals surface area contributed by atoms with Crippen molar-refractivity contribution in [1.82, 2.24) is 10.2 Å². The van der Waals surface area contributed by atoms with Crippen molar-refractivity contribution in [1.29, 1.82) is 0 Å². The third-order valence-electron chi connectivity index (χ3n) is 4.94. The lowest BCUT2D eigenvalue weighted by Gasteiger charge is -2.41. The van der Waals surface area contributed by atoms with E-state index in [2.05, 4.69) is 19.2 Å². The van der Waals surface area contributed by atoms with Gasteiger partial charge in [-0.15, -0.1) is 0 Å². The van der Waals surface area contributed by atoms with Crippen LogP contribution < -0.4 is 5.32 Å². The van der Waals surface area contributed by atoms with E-state index in [9.17, 15) is 4.79 Å². The minimum Gasteiger partial charge on any atom is -0.444 e. The van der Waals surface area contributed by atoms with Gasteiger partial charge < -0.3 is 15.0 Å². The van der Waals surface area contributed by atoms with Crippen LogP contribution in [0, 0.1) is 11.3 Å². The van der Waals surface area contributed by atoms with Crippen molar-refractivity contribution in [3.63, 3.8) is 0 Å². The Morgan fingerprint density at radius 2 is 2.09 bits per heavy atom. The fraction of sp³-hybridized carbons (Fsp3) is 0.944. The van der Waals surface area contributed by atoms with Gasteiger partial charge in [-0.3, -0.25) is 0 Å². The molecule has 3 atom stereocenters. The van der Waals surface area contributed by atoms with Crippen molar-refractivity contribution in [2.24, 2.45) is 11.3 Å². The van der Waals surface area contributed by atoms with Gasteiger partial charge in [0.25, 0.3) is 0 Å². The first-order chi connectivity index (χ1) is 10.2. The van der Waals surface area contributed by atoms with Gasteiger partial charge in [0.15, 0.2) is 0 Å². The summed E-state index contributed by atoms with van der Waals surface area (Å²) >= 11 is 0. The van der Waals surface area contributed by atoms with Gasteiger partial charge in [-0.25, -0.2) is 4.79 Å². The van der Waals surface area contributed by atoms with Gasteiger partial charge in [0.05, 0.1) is 0 Å². The first-order valence-electron chi connectivity index (χ1n) is 8.88. The largest absolute Gasteiger partial charge is 0.444 e. The van der Waals surface area contributed by atoms with Crippen LogP contribution >= 0.6 is 0 Å². The normalized spacial score (nSPS) is 33.0. The first kappa shape index (κ1) is 17.6. The number of likely N-dealkylation sites (tertiary alicyclic amines) is 1. The predicted molar refractivity (Wildman–Crippen MR) is 90.0 cm³/mol. The molecule has 0 spiro atoms. The van der Waals surface area contributed by atoms with Gasteiger partial charge in [0.1, 0.15) is 5.60 Å². The number of nitrogens with one attached hydrogen (secondary N) is 1. The summed E-state index contributed by atoms with van der Waals surface area (Å²) in [6.45, 7) is 13.1. The summed E-state index contributed by atoms with van der Waals surface area (Å²) in [6.07, 6.45) is 6.03. The molecule has 0 aromatic rings. The smallest absolute Gasteiger partial charge is 0.410 e. The summed E-state index contributed by atoms with van der Waals surface area (Å²) in [7, 11) is 0. The molecular formula is C18H34N2O2. The van der Waals surface area contributed by atoms with Gasteiger partial charge in [0, 0.05) is 25.7 Å². The van der Waals surface area contributed by atoms with Crippen molar-refractivity contribution in [2.75, 3.05) is 19.6 Å². The van der Waals surface area contributed by atoms with E-state index >= 15 is 0 Å². The molecular weight excluding hydrogens is 276 g/mol. The van der Waals surface area contributed by atoms with Gasteiger partial charge in [0.2, 0.25) is 0 Å². The SMILES string of the molecule is CC1CCC(NCC2(C)CCCN(C(=O)OC(C)(C)C)C2)C1. The van der Waals surface area contributed by atoms with Crippen LogP contribution in [-0.4, -0.2) is 42.3 Å². The van der Waals surface area contributed by atoms with E-state index in [0.29, 0.717) is 6.04 Å². The number of hydrogen-bond acceptors (Lipinski definition) is 3. The predicted octanol–water partition coefficient (Wildman–Crippen LogP) is 3.80. The highest BCUT2D eigenvalue weighted by molar-refractivity contribution is 5.68. The summed E-state index contributed by atoms with van der Waals surface area (Å²) in [5, 5.41) is 3.75. The second kappa shape index (κ2) is 6.77. The van der Waals surface area contributed by atoms with Crippen LogP contribution in [0.25, 0.3) is 0 Å². The number of carbonyl (C=O) groups excluding carboxylic acids is 1. The van der Waals surface area contributed by atoms with Crippen molar-refractivity contribution in [3.05, 3.63) is 0 Å². The lowest BCUT2D eigenvalue weighted by Crippen LogP contribution is -2.51. The highest BCUT2D eigenvalue weighted by atomic mass is 16.6. The number of amides is 1. The molecule has 0 radical (unpaired) electrons. The van der Waals surface area contributed by atoms with Crippen LogP contribution in [0.2, 0.25) is 0 Å². The Morgan fingerprint density at radius 1 is 1.36 bits per heavy atom. The third-order valence-corrected chi connectivity index (χ3v) is 4.94. The van der Waals surface area contributed by atoms with Gasteiger partial charge in [-0.05, 0) is 64.2 Å². The Hall–Kier alpha value is -0.770. The Morgan fingerprint density at radius 3 is 2.68 bits per heavy atom. The number of piperidine rings is 1. The molecule has 2 rings (SSSR count). The van der Waals surface area contributed by atoms with Gasteiger partial charge >= 0.3 is 6.09 Å². The van der Waals surface area contributed by atoms with Crippen molar-refractivity contribution in [3.8, 4) is 0 Å². The first-order valence-corrected chi connectivity index (χ1v) is 8.88. The molecule has 1 saturated carbocycles. The van der Waals surface area contributed by atoms with E-state index < -0.39 is 5.60 Å². The molecule has 1 saturated heterocycles. The average molecular weight is 310 g/mol. The molecule has 22 heavy (non-hydrogen) atoms. The zero-order valence-electron chi connectivity index (χ0n) is 15.1. The topological polar surface area (TPSA) is 41.6 Å². The van der Waals surface area contributed by atoms with Crippen molar-refractivity contribution >= 4 is 6.09 Å². The van der Waals surface area contributed by atoms with Crippen LogP contribution in [0.3, 0.4) is 0 Å². The van der Waals surface area contributed by atoms with E-state index in [1.807, 2.05) is 25.7 Å². The van der Waals surface area contributed by atoms with E-state index in [0.717, 1.165) is 32.0 Å². The minimum absolute atomic E-state index is 0.159. The molecule has 4 heteroatoms. The standard InChI is InChI=1S/C18H34N2O2/c1-14-7-8-15(11-14)19-12-18(5)9-6-10-20(13-18)16(21)22-17(2,3)4/h14-15,19H,6-13H2,1-5H3. The van der Waals surface area contributed by atoms with Crippen molar-refractivity contribution in [2.45, 2.75) is 78.4 Å². The Kier molecular flexibility index (Phi) is 5.41. The number of rotatable bonds is 3. The van der Waals surface area contributed by atoms with Crippen LogP contribution in [0.15, 0.2) is 0 Å². The molecule has 1 heterocycles. The van der Waals surface area contributed by atoms with Gasteiger partial charge in [-0.1, -0.05) is 13.8 Å². The van der Waals surface area contributed by atoms with E-state index in [4.69, 9.17) is 4.74 Å². The Balaban J connectivity index is 1.84. The van der Waals surface area contributed by atoms with Gasteiger partial charge in [-0.2, -0.15) is 0 Å². The summed E-state index contributed by atoms with van der Waals surface area (Å²) in [4.78, 5) is 14.2. The molecule has 0 aromatic heterocycles. The molecule has 1 amide bonds. The Bertz CT molecular complexity index is 391. The highest BCUT2D eigenvalue weighted by Crippen LogP contribution is 2.31. The quantitative estimate of drug-likeness (QED) is 0.862. The van der Waals surface area contributed by atoms with E-state index in [1.54, 1.807) is 0 Å². The van der Waals surface area contributed by atoms with Crippen LogP contribution in [0.5, 0.6) is 0 Å². The summed E-state index contributed by atoms with van der Waals surface area (Å²) in [5.41, 5.74) is -0.246. The van der Waals surface area contributed by atoms with E-state index in [1.165, 1.54) is 25.7 Å². The summed E-state index contributed by atoms with van der Waals surface area (Å²) < 4.78 is 5.53. The highest BCUT2D eigenvalue weighted by Gasteiger charge is 2.35. The Labute approximate surface area is 136 Å². The molecule has 0 aromatic carbocycles. The average Bonchev–Trinajstić information content (AvgIpc) is 2.81. The maximum atomic E-state index is 12.3. The maximum absolute atomic E-state index is 12.3. The van der Waals surface area contributed by atoms with Crippen molar-refractivity contribution < 1.29 is 9.53 Å². The lowest BCUT2D eigenvalue weighted by molar-refractivity contribution is 0.00649. The second-order valence-corrected chi connectivity index (χ2v) is 8.81. The molecule has 128 valence electrons. The second-order valence-electron chi connectivity index (χ2n) is 8.81. The number of ether oxygens (including phenoxy) is 1. The fourth-order valence-corrected chi connectivity index (χ4v) is 3.73. The molecule has 0 bridgehead atoms. The third kappa shape index (κ3) is 5.15. The summed E-state index contributed by atoms with van der Waals surface area (Å²) in [6, 6.07) is 0.670. The lowest BCUT2D eigenvalue weighted by atomic mass is 9.81. The molecule has 1 aliphatic heterocycles. The minimum atomic E-state index is -0.414. The maximum Gasteiger partial charge on any atom is 0.410 e. The molecule has 2 fully saturated rings. The zero-order chi connectivity index (χ0) is 16.4. The molecule has 2 aliphatic rings. The number of nitrogens with zero attached hydrogens (tertiary/aromatic N) is 1. The number of carbonyl (C=O) groups is 1. The van der Waals surface area contributed by atoms with Crippen LogP contribution in [-0.2, 0) is 4.74 Å². The monoisotopic (exact) mass is 310 g/mol. The molecule has 1 aliphatic carbocycles. The number of hydrogen-bond donors (Lipinski definition) is 1.